The minimum atomic E-state index is -0.574. The molecule has 2 heterocycles. The molecule has 0 radical (unpaired) electrons. The first-order chi connectivity index (χ1) is 14.5. The predicted molar refractivity (Wildman–Crippen MR) is 121 cm³/mol. The molecule has 1 aromatic heterocycles. The monoisotopic (exact) mass is 466 g/mol. The number of amides is 1. The normalized spacial score (nSPS) is 14.9. The van der Waals surface area contributed by atoms with Gasteiger partial charge in [0.2, 0.25) is 0 Å². The van der Waals surface area contributed by atoms with E-state index in [0.717, 1.165) is 0 Å². The van der Waals surface area contributed by atoms with Gasteiger partial charge in [0.25, 0.3) is 0 Å². The lowest BCUT2D eigenvalue weighted by molar-refractivity contribution is -0.384. The van der Waals surface area contributed by atoms with Crippen molar-refractivity contribution in [3.63, 3.8) is 0 Å². The van der Waals surface area contributed by atoms with Gasteiger partial charge in [-0.3, -0.25) is 15.1 Å². The summed E-state index contributed by atoms with van der Waals surface area (Å²) in [6.45, 7) is 6.46. The van der Waals surface area contributed by atoms with Gasteiger partial charge in [-0.2, -0.15) is 0 Å². The lowest BCUT2D eigenvalue weighted by Gasteiger charge is -2.34. The van der Waals surface area contributed by atoms with Crippen molar-refractivity contribution >= 4 is 40.7 Å². The first kappa shape index (κ1) is 23.1. The standard InChI is InChI=1S/C21H24Cl2N4O4/c1-21(2,3)31-20(28)25-16-4-6-26(7-5-16)19-17(11-24-12-18(19)27(29)30)13-8-14(22)10-15(23)9-13/h8-12,16H,4-7H2,1-3H3,(H,25,28). The van der Waals surface area contributed by atoms with Crippen molar-refractivity contribution in [3.05, 3.63) is 50.8 Å². The molecule has 0 bridgehead atoms. The first-order valence-corrected chi connectivity index (χ1v) is 10.6. The zero-order valence-corrected chi connectivity index (χ0v) is 19.0. The minimum absolute atomic E-state index is 0.0731. The van der Waals surface area contributed by atoms with Gasteiger partial charge in [-0.05, 0) is 57.4 Å². The van der Waals surface area contributed by atoms with Crippen molar-refractivity contribution in [1.29, 1.82) is 0 Å². The number of piperidine rings is 1. The maximum atomic E-state index is 12.1. The second-order valence-electron chi connectivity index (χ2n) is 8.38. The molecule has 1 saturated heterocycles. The number of hydrogen-bond acceptors (Lipinski definition) is 6. The number of carbonyl (C=O) groups excluding carboxylic acids is 1. The molecule has 10 heteroatoms. The summed E-state index contributed by atoms with van der Waals surface area (Å²) in [7, 11) is 0. The van der Waals surface area contributed by atoms with E-state index in [4.69, 9.17) is 27.9 Å². The van der Waals surface area contributed by atoms with Gasteiger partial charge >= 0.3 is 11.8 Å². The fourth-order valence-corrected chi connectivity index (χ4v) is 4.08. The van der Waals surface area contributed by atoms with Crippen LogP contribution in [-0.2, 0) is 4.74 Å². The molecule has 2 aromatic rings. The van der Waals surface area contributed by atoms with Gasteiger partial charge in [0, 0.05) is 40.9 Å². The minimum Gasteiger partial charge on any atom is -0.444 e. The maximum absolute atomic E-state index is 12.1. The van der Waals surface area contributed by atoms with Crippen LogP contribution in [0.25, 0.3) is 11.1 Å². The Bertz CT molecular complexity index is 966. The Kier molecular flexibility index (Phi) is 6.91. The summed E-state index contributed by atoms with van der Waals surface area (Å²) >= 11 is 12.3. The van der Waals surface area contributed by atoms with Crippen molar-refractivity contribution < 1.29 is 14.5 Å². The molecular formula is C21H24Cl2N4O4. The Morgan fingerprint density at radius 1 is 1.19 bits per heavy atom. The van der Waals surface area contributed by atoms with Crippen LogP contribution in [0.15, 0.2) is 30.6 Å². The number of halogens is 2. The molecule has 1 aliphatic heterocycles. The number of anilines is 1. The molecule has 1 N–H and O–H groups in total. The van der Waals surface area contributed by atoms with E-state index in [1.165, 1.54) is 6.20 Å². The quantitative estimate of drug-likeness (QED) is 0.474. The van der Waals surface area contributed by atoms with Crippen LogP contribution in [0.5, 0.6) is 0 Å². The van der Waals surface area contributed by atoms with Crippen LogP contribution in [0.2, 0.25) is 10.0 Å². The number of ether oxygens (including phenoxy) is 1. The van der Waals surface area contributed by atoms with Gasteiger partial charge in [0.1, 0.15) is 17.5 Å². The van der Waals surface area contributed by atoms with E-state index in [1.54, 1.807) is 45.2 Å². The average molecular weight is 467 g/mol. The maximum Gasteiger partial charge on any atom is 0.407 e. The van der Waals surface area contributed by atoms with Crippen molar-refractivity contribution in [2.75, 3.05) is 18.0 Å². The number of nitro groups is 1. The van der Waals surface area contributed by atoms with Crippen LogP contribution < -0.4 is 10.2 Å². The fraction of sp³-hybridized carbons (Fsp3) is 0.429. The van der Waals surface area contributed by atoms with Gasteiger partial charge in [0.15, 0.2) is 0 Å². The molecule has 0 saturated carbocycles. The van der Waals surface area contributed by atoms with E-state index < -0.39 is 16.6 Å². The van der Waals surface area contributed by atoms with Gasteiger partial charge in [0.05, 0.1) is 4.92 Å². The molecule has 31 heavy (non-hydrogen) atoms. The van der Waals surface area contributed by atoms with Crippen LogP contribution >= 0.6 is 23.2 Å². The largest absolute Gasteiger partial charge is 0.444 e. The third-order valence-electron chi connectivity index (χ3n) is 4.80. The Labute approximate surface area is 190 Å². The number of hydrogen-bond donors (Lipinski definition) is 1. The molecule has 1 aromatic carbocycles. The Balaban J connectivity index is 1.84. The number of alkyl carbamates (subject to hydrolysis) is 1. The number of benzene rings is 1. The molecule has 0 atom stereocenters. The lowest BCUT2D eigenvalue weighted by Crippen LogP contribution is -2.46. The zero-order chi connectivity index (χ0) is 22.8. The SMILES string of the molecule is CC(C)(C)OC(=O)NC1CCN(c2c(-c3cc(Cl)cc(Cl)c3)cncc2[N+](=O)[O-])CC1. The number of aromatic nitrogens is 1. The summed E-state index contributed by atoms with van der Waals surface area (Å²) in [6, 6.07) is 4.93. The van der Waals surface area contributed by atoms with Crippen LogP contribution in [0, 0.1) is 10.1 Å². The van der Waals surface area contributed by atoms with E-state index >= 15 is 0 Å². The topological polar surface area (TPSA) is 97.6 Å². The Morgan fingerprint density at radius 2 is 1.81 bits per heavy atom. The second-order valence-corrected chi connectivity index (χ2v) is 9.25. The molecule has 3 rings (SSSR count). The number of pyridine rings is 1. The van der Waals surface area contributed by atoms with E-state index in [9.17, 15) is 14.9 Å². The van der Waals surface area contributed by atoms with Crippen LogP contribution in [0.1, 0.15) is 33.6 Å². The molecule has 0 spiro atoms. The smallest absolute Gasteiger partial charge is 0.407 e. The van der Waals surface area contributed by atoms with Gasteiger partial charge < -0.3 is 15.0 Å². The highest BCUT2D eigenvalue weighted by Crippen LogP contribution is 2.40. The van der Waals surface area contributed by atoms with Crippen LogP contribution in [0.4, 0.5) is 16.2 Å². The lowest BCUT2D eigenvalue weighted by atomic mass is 10.00. The highest BCUT2D eigenvalue weighted by Gasteiger charge is 2.29. The van der Waals surface area contributed by atoms with Crippen LogP contribution in [0.3, 0.4) is 0 Å². The number of carbonyl (C=O) groups is 1. The van der Waals surface area contributed by atoms with Gasteiger partial charge in [-0.15, -0.1) is 0 Å². The fourth-order valence-electron chi connectivity index (χ4n) is 3.55. The van der Waals surface area contributed by atoms with Crippen molar-refractivity contribution in [2.24, 2.45) is 0 Å². The molecule has 8 nitrogen and oxygen atoms in total. The van der Waals surface area contributed by atoms with Gasteiger partial charge in [-0.1, -0.05) is 23.2 Å². The molecule has 0 unspecified atom stereocenters. The summed E-state index contributed by atoms with van der Waals surface area (Å²) in [4.78, 5) is 29.4. The molecule has 1 amide bonds. The number of nitrogens with zero attached hydrogens (tertiary/aromatic N) is 3. The third kappa shape index (κ3) is 5.98. The molecular weight excluding hydrogens is 443 g/mol. The second kappa shape index (κ2) is 9.28. The molecule has 166 valence electrons. The third-order valence-corrected chi connectivity index (χ3v) is 5.24. The van der Waals surface area contributed by atoms with Crippen molar-refractivity contribution in [3.8, 4) is 11.1 Å². The van der Waals surface area contributed by atoms with Crippen molar-refractivity contribution in [1.82, 2.24) is 10.3 Å². The highest BCUT2D eigenvalue weighted by molar-refractivity contribution is 6.35. The van der Waals surface area contributed by atoms with Crippen LogP contribution in [-0.4, -0.2) is 40.7 Å². The highest BCUT2D eigenvalue weighted by atomic mass is 35.5. The van der Waals surface area contributed by atoms with E-state index in [2.05, 4.69) is 10.3 Å². The Hall–Kier alpha value is -2.58. The Morgan fingerprint density at radius 3 is 2.35 bits per heavy atom. The molecule has 0 aliphatic carbocycles. The van der Waals surface area contributed by atoms with E-state index in [0.29, 0.717) is 52.8 Å². The first-order valence-electron chi connectivity index (χ1n) is 9.87. The molecule has 1 aliphatic rings. The van der Waals surface area contributed by atoms with E-state index in [1.807, 2.05) is 4.90 Å². The summed E-state index contributed by atoms with van der Waals surface area (Å²) in [5, 5.41) is 15.5. The predicted octanol–water partition coefficient (Wildman–Crippen LogP) is 5.46. The van der Waals surface area contributed by atoms with Gasteiger partial charge in [-0.25, -0.2) is 4.79 Å². The summed E-state index contributed by atoms with van der Waals surface area (Å²) in [6.07, 6.45) is 3.60. The summed E-state index contributed by atoms with van der Waals surface area (Å²) < 4.78 is 5.32. The number of nitrogens with one attached hydrogen (secondary N) is 1. The van der Waals surface area contributed by atoms with Crippen molar-refractivity contribution in [2.45, 2.75) is 45.3 Å². The summed E-state index contributed by atoms with van der Waals surface area (Å²) in [5.41, 5.74) is 1.03. The summed E-state index contributed by atoms with van der Waals surface area (Å²) in [5.74, 6) is 0. The average Bonchev–Trinajstić information content (AvgIpc) is 2.65. The van der Waals surface area contributed by atoms with E-state index in [-0.39, 0.29) is 11.7 Å². The number of rotatable bonds is 4. The zero-order valence-electron chi connectivity index (χ0n) is 17.5. The molecule has 1 fully saturated rings.